The van der Waals surface area contributed by atoms with Crippen molar-refractivity contribution in [2.45, 2.75) is 25.7 Å². The number of aliphatic imine (C=N–C) groups is 1. The first-order valence-corrected chi connectivity index (χ1v) is 8.37. The quantitative estimate of drug-likeness (QED) is 0.448. The van der Waals surface area contributed by atoms with Gasteiger partial charge in [-0.1, -0.05) is 12.8 Å². The second-order valence-electron chi connectivity index (χ2n) is 5.10. The number of thioether (sulfide) groups is 1. The first-order valence-electron chi connectivity index (χ1n) is 7.21. The Morgan fingerprint density at radius 2 is 1.63 bits per heavy atom. The molecule has 0 radical (unpaired) electrons. The number of nitrogens with two attached hydrogens (primary N) is 1. The maximum absolute atomic E-state index is 6.09. The lowest BCUT2D eigenvalue weighted by Gasteiger charge is -2.26. The number of hydrogen-bond acceptors (Lipinski definition) is 3. The summed E-state index contributed by atoms with van der Waals surface area (Å²) in [4.78, 5) is 9.31. The van der Waals surface area contributed by atoms with Crippen molar-refractivity contribution in [3.63, 3.8) is 0 Å². The fraction of sp³-hybridized carbons (Fsp3) is 0.923. The first-order chi connectivity index (χ1) is 8.86. The SMILES string of the molecule is I.NC(=NCCN1CCSCC1)N1CCCCCC1. The molecule has 0 spiro atoms. The molecule has 0 aliphatic carbocycles. The molecule has 2 rings (SSSR count). The van der Waals surface area contributed by atoms with E-state index in [-0.39, 0.29) is 24.0 Å². The van der Waals surface area contributed by atoms with Crippen LogP contribution in [-0.4, -0.2) is 66.5 Å². The van der Waals surface area contributed by atoms with Crippen LogP contribution in [0.4, 0.5) is 0 Å². The maximum atomic E-state index is 6.09. The third-order valence-electron chi connectivity index (χ3n) is 3.72. The Labute approximate surface area is 138 Å². The van der Waals surface area contributed by atoms with Gasteiger partial charge in [0.15, 0.2) is 5.96 Å². The molecule has 0 aromatic rings. The summed E-state index contributed by atoms with van der Waals surface area (Å²) in [6, 6.07) is 0. The van der Waals surface area contributed by atoms with Gasteiger partial charge in [-0.15, -0.1) is 24.0 Å². The molecule has 0 aromatic carbocycles. The Hall–Kier alpha value is 0.310. The smallest absolute Gasteiger partial charge is 0.191 e. The first kappa shape index (κ1) is 17.4. The molecule has 0 atom stereocenters. The largest absolute Gasteiger partial charge is 0.370 e. The lowest BCUT2D eigenvalue weighted by atomic mass is 10.2. The van der Waals surface area contributed by atoms with Gasteiger partial charge in [-0.25, -0.2) is 0 Å². The van der Waals surface area contributed by atoms with Crippen molar-refractivity contribution in [3.05, 3.63) is 0 Å². The number of likely N-dealkylation sites (tertiary alicyclic amines) is 1. The number of rotatable bonds is 3. The van der Waals surface area contributed by atoms with E-state index in [1.807, 2.05) is 0 Å². The molecular formula is C13H27IN4S. The average Bonchev–Trinajstić information content (AvgIpc) is 2.69. The van der Waals surface area contributed by atoms with Crippen LogP contribution in [0.3, 0.4) is 0 Å². The van der Waals surface area contributed by atoms with E-state index in [9.17, 15) is 0 Å². The van der Waals surface area contributed by atoms with Gasteiger partial charge in [-0.05, 0) is 12.8 Å². The Kier molecular flexibility index (Phi) is 9.23. The second-order valence-corrected chi connectivity index (χ2v) is 6.32. The lowest BCUT2D eigenvalue weighted by Crippen LogP contribution is -2.39. The van der Waals surface area contributed by atoms with E-state index in [2.05, 4.69) is 26.6 Å². The summed E-state index contributed by atoms with van der Waals surface area (Å²) in [5.41, 5.74) is 6.09. The number of hydrogen-bond donors (Lipinski definition) is 1. The molecule has 0 bridgehead atoms. The van der Waals surface area contributed by atoms with Crippen LogP contribution >= 0.6 is 35.7 Å². The van der Waals surface area contributed by atoms with Crippen LogP contribution in [0.1, 0.15) is 25.7 Å². The van der Waals surface area contributed by atoms with Gasteiger partial charge in [-0.2, -0.15) is 11.8 Å². The summed E-state index contributed by atoms with van der Waals surface area (Å²) in [5.74, 6) is 3.31. The molecular weight excluding hydrogens is 371 g/mol. The Balaban J connectivity index is 0.00000180. The molecule has 6 heteroatoms. The van der Waals surface area contributed by atoms with Crippen molar-refractivity contribution in [1.29, 1.82) is 0 Å². The monoisotopic (exact) mass is 398 g/mol. The minimum Gasteiger partial charge on any atom is -0.370 e. The van der Waals surface area contributed by atoms with Crippen molar-refractivity contribution >= 4 is 41.7 Å². The van der Waals surface area contributed by atoms with E-state index in [4.69, 9.17) is 5.73 Å². The molecule has 2 heterocycles. The van der Waals surface area contributed by atoms with Crippen LogP contribution in [0.5, 0.6) is 0 Å². The maximum Gasteiger partial charge on any atom is 0.191 e. The predicted octanol–water partition coefficient (Wildman–Crippen LogP) is 1.84. The van der Waals surface area contributed by atoms with Crippen LogP contribution in [-0.2, 0) is 0 Å². The minimum absolute atomic E-state index is 0. The zero-order chi connectivity index (χ0) is 12.6. The number of guanidine groups is 1. The lowest BCUT2D eigenvalue weighted by molar-refractivity contribution is 0.310. The summed E-state index contributed by atoms with van der Waals surface area (Å²) in [5, 5.41) is 0. The highest BCUT2D eigenvalue weighted by atomic mass is 127. The predicted molar refractivity (Wildman–Crippen MR) is 95.7 cm³/mol. The second kappa shape index (κ2) is 10.1. The highest BCUT2D eigenvalue weighted by molar-refractivity contribution is 14.0. The average molecular weight is 398 g/mol. The highest BCUT2D eigenvalue weighted by Gasteiger charge is 2.12. The molecule has 0 unspecified atom stereocenters. The molecule has 2 fully saturated rings. The van der Waals surface area contributed by atoms with Gasteiger partial charge in [-0.3, -0.25) is 9.89 Å². The third kappa shape index (κ3) is 6.53. The Morgan fingerprint density at radius 1 is 1.00 bits per heavy atom. The van der Waals surface area contributed by atoms with E-state index in [0.29, 0.717) is 0 Å². The van der Waals surface area contributed by atoms with Gasteiger partial charge >= 0.3 is 0 Å². The summed E-state index contributed by atoms with van der Waals surface area (Å²) in [6.45, 7) is 6.53. The molecule has 0 amide bonds. The molecule has 2 aliphatic rings. The fourth-order valence-corrected chi connectivity index (χ4v) is 3.51. The van der Waals surface area contributed by atoms with Crippen LogP contribution in [0.15, 0.2) is 4.99 Å². The highest BCUT2D eigenvalue weighted by Crippen LogP contribution is 2.10. The van der Waals surface area contributed by atoms with E-state index < -0.39 is 0 Å². The van der Waals surface area contributed by atoms with Gasteiger partial charge in [0.05, 0.1) is 6.54 Å². The zero-order valence-corrected chi connectivity index (χ0v) is 14.9. The molecule has 2 saturated heterocycles. The third-order valence-corrected chi connectivity index (χ3v) is 4.67. The van der Waals surface area contributed by atoms with Crippen molar-refractivity contribution in [2.24, 2.45) is 10.7 Å². The van der Waals surface area contributed by atoms with Gasteiger partial charge in [0.25, 0.3) is 0 Å². The van der Waals surface area contributed by atoms with Crippen molar-refractivity contribution < 1.29 is 0 Å². The molecule has 19 heavy (non-hydrogen) atoms. The van der Waals surface area contributed by atoms with Gasteiger partial charge in [0.1, 0.15) is 0 Å². The van der Waals surface area contributed by atoms with Gasteiger partial charge in [0, 0.05) is 44.2 Å². The molecule has 112 valence electrons. The summed E-state index contributed by atoms with van der Waals surface area (Å²) in [7, 11) is 0. The number of nitrogens with zero attached hydrogens (tertiary/aromatic N) is 3. The van der Waals surface area contributed by atoms with Crippen LogP contribution < -0.4 is 5.73 Å². The van der Waals surface area contributed by atoms with Gasteiger partial charge < -0.3 is 10.6 Å². The topological polar surface area (TPSA) is 44.9 Å². The Bertz CT molecular complexity index is 261. The summed E-state index contributed by atoms with van der Waals surface area (Å²) in [6.07, 6.45) is 5.21. The van der Waals surface area contributed by atoms with E-state index in [0.717, 1.165) is 32.1 Å². The van der Waals surface area contributed by atoms with Crippen LogP contribution in [0, 0.1) is 0 Å². The number of halogens is 1. The van der Waals surface area contributed by atoms with Crippen molar-refractivity contribution in [1.82, 2.24) is 9.80 Å². The molecule has 2 N–H and O–H groups in total. The molecule has 0 aromatic heterocycles. The van der Waals surface area contributed by atoms with E-state index >= 15 is 0 Å². The van der Waals surface area contributed by atoms with Crippen LogP contribution in [0.25, 0.3) is 0 Å². The minimum atomic E-state index is 0. The summed E-state index contributed by atoms with van der Waals surface area (Å²) >= 11 is 2.05. The molecule has 2 aliphatic heterocycles. The molecule has 0 saturated carbocycles. The summed E-state index contributed by atoms with van der Waals surface area (Å²) < 4.78 is 0. The van der Waals surface area contributed by atoms with E-state index in [1.54, 1.807) is 0 Å². The van der Waals surface area contributed by atoms with Gasteiger partial charge in [0.2, 0.25) is 0 Å². The normalized spacial score (nSPS) is 22.7. The standard InChI is InChI=1S/C13H26N4S.HI/c14-13(17-6-3-1-2-4-7-17)15-5-8-16-9-11-18-12-10-16;/h1-12H2,(H2,14,15);1H. The van der Waals surface area contributed by atoms with Crippen molar-refractivity contribution in [3.8, 4) is 0 Å². The van der Waals surface area contributed by atoms with Crippen LogP contribution in [0.2, 0.25) is 0 Å². The fourth-order valence-electron chi connectivity index (χ4n) is 2.53. The van der Waals surface area contributed by atoms with Crippen molar-refractivity contribution in [2.75, 3.05) is 50.8 Å². The zero-order valence-electron chi connectivity index (χ0n) is 11.7. The Morgan fingerprint density at radius 3 is 2.26 bits per heavy atom. The van der Waals surface area contributed by atoms with E-state index in [1.165, 1.54) is 50.3 Å². The molecule has 4 nitrogen and oxygen atoms in total.